The van der Waals surface area contributed by atoms with E-state index in [9.17, 15) is 9.90 Å². The summed E-state index contributed by atoms with van der Waals surface area (Å²) in [5, 5.41) is 9.65. The molecule has 2 aliphatic rings. The Hall–Kier alpha value is -3.21. The van der Waals surface area contributed by atoms with Crippen LogP contribution in [0.5, 0.6) is 0 Å². The fourth-order valence-corrected chi connectivity index (χ4v) is 10.6. The molecular weight excluding hydrogens is 593 g/mol. The molecular formula is C31H22N2O2S5. The van der Waals surface area contributed by atoms with Crippen LogP contribution in [0.4, 0.5) is 0 Å². The van der Waals surface area contributed by atoms with Gasteiger partial charge in [0.15, 0.2) is 0 Å². The highest BCUT2D eigenvalue weighted by molar-refractivity contribution is 7.30. The van der Waals surface area contributed by atoms with Gasteiger partial charge in [-0.25, -0.2) is 0 Å². The number of hydrogen-bond acceptors (Lipinski definition) is 8. The van der Waals surface area contributed by atoms with Crippen molar-refractivity contribution >= 4 is 74.1 Å². The van der Waals surface area contributed by atoms with Gasteiger partial charge in [-0.05, 0) is 78.7 Å². The second-order valence-electron chi connectivity index (χ2n) is 9.41. The number of allylic oxidation sites excluding steroid dienone is 2. The van der Waals surface area contributed by atoms with E-state index in [1.807, 2.05) is 11.3 Å². The lowest BCUT2D eigenvalue weighted by Crippen LogP contribution is -1.99. The van der Waals surface area contributed by atoms with Crippen LogP contribution in [0.1, 0.15) is 20.9 Å². The van der Waals surface area contributed by atoms with Gasteiger partial charge in [-0.15, -0.1) is 56.7 Å². The van der Waals surface area contributed by atoms with Crippen molar-refractivity contribution in [2.45, 2.75) is 13.3 Å². The lowest BCUT2D eigenvalue weighted by Gasteiger charge is -1.98. The summed E-state index contributed by atoms with van der Waals surface area (Å²) in [5.41, 5.74) is 4.22. The smallest absolute Gasteiger partial charge is 0.307 e. The average Bonchev–Trinajstić information content (AvgIpc) is 3.79. The molecule has 0 fully saturated rings. The number of carboxylic acids is 1. The molecule has 0 radical (unpaired) electrons. The molecule has 5 aromatic rings. The van der Waals surface area contributed by atoms with Crippen molar-refractivity contribution in [2.24, 2.45) is 9.98 Å². The van der Waals surface area contributed by atoms with Crippen molar-refractivity contribution in [2.75, 3.05) is 13.1 Å². The highest BCUT2D eigenvalue weighted by Crippen LogP contribution is 2.47. The normalized spacial score (nSPS) is 14.3. The Bertz CT molecular complexity index is 1880. The van der Waals surface area contributed by atoms with Gasteiger partial charge in [0.05, 0.1) is 40.7 Å². The minimum absolute atomic E-state index is 0.0100. The number of aliphatic carboxylic acids is 1. The molecule has 40 heavy (non-hydrogen) atoms. The lowest BCUT2D eigenvalue weighted by molar-refractivity contribution is -0.136. The molecule has 9 heteroatoms. The highest BCUT2D eigenvalue weighted by Gasteiger charge is 2.20. The first-order valence-corrected chi connectivity index (χ1v) is 16.8. The number of rotatable bonds is 8. The summed E-state index contributed by atoms with van der Waals surface area (Å²) >= 11 is 8.74. The molecule has 5 aromatic heterocycles. The predicted octanol–water partition coefficient (Wildman–Crippen LogP) is 9.32. The van der Waals surface area contributed by atoms with E-state index >= 15 is 0 Å². The highest BCUT2D eigenvalue weighted by atomic mass is 32.1. The minimum atomic E-state index is -0.812. The summed E-state index contributed by atoms with van der Waals surface area (Å²) in [6, 6.07) is 17.3. The summed E-state index contributed by atoms with van der Waals surface area (Å²) in [7, 11) is 0. The van der Waals surface area contributed by atoms with E-state index in [1.165, 1.54) is 29.9 Å². The maximum absolute atomic E-state index is 11.7. The number of carboxylic acid groups (broad SMARTS) is 1. The Balaban J connectivity index is 1.20. The molecule has 0 unspecified atom stereocenters. The summed E-state index contributed by atoms with van der Waals surface area (Å²) in [6.07, 6.45) is 8.33. The molecule has 1 N–H and O–H groups in total. The number of hydrogen-bond donors (Lipinski definition) is 1. The molecule has 0 spiro atoms. The molecule has 7 heterocycles. The molecule has 198 valence electrons. The Kier molecular flexibility index (Phi) is 6.85. The van der Waals surface area contributed by atoms with E-state index in [-0.39, 0.29) is 6.42 Å². The van der Waals surface area contributed by atoms with Gasteiger partial charge in [-0.3, -0.25) is 14.8 Å². The first kappa shape index (κ1) is 25.7. The number of thiophene rings is 5. The Labute approximate surface area is 251 Å². The van der Waals surface area contributed by atoms with Gasteiger partial charge in [0.1, 0.15) is 0 Å². The van der Waals surface area contributed by atoms with Crippen molar-refractivity contribution in [3.63, 3.8) is 0 Å². The zero-order valence-electron chi connectivity index (χ0n) is 21.3. The summed E-state index contributed by atoms with van der Waals surface area (Å²) in [5.74, 6) is -0.812. The number of nitrogens with zero attached hydrogens (tertiary/aromatic N) is 2. The molecule has 0 amide bonds. The molecule has 0 aliphatic carbocycles. The van der Waals surface area contributed by atoms with E-state index in [1.54, 1.807) is 45.3 Å². The van der Waals surface area contributed by atoms with Crippen LogP contribution in [0.15, 0.2) is 82.8 Å². The zero-order valence-corrected chi connectivity index (χ0v) is 25.4. The van der Waals surface area contributed by atoms with Gasteiger partial charge in [-0.1, -0.05) is 12.2 Å². The summed E-state index contributed by atoms with van der Waals surface area (Å²) in [6.45, 7) is 3.68. The molecule has 0 saturated carbocycles. The van der Waals surface area contributed by atoms with Crippen molar-refractivity contribution in [3.8, 4) is 39.0 Å². The number of aryl methyl sites for hydroxylation is 1. The summed E-state index contributed by atoms with van der Waals surface area (Å²) in [4.78, 5) is 32.6. The molecule has 0 aromatic carbocycles. The van der Waals surface area contributed by atoms with Gasteiger partial charge < -0.3 is 5.11 Å². The molecule has 0 atom stereocenters. The number of aliphatic imine (C=N–C) groups is 2. The van der Waals surface area contributed by atoms with Crippen LogP contribution < -0.4 is 0 Å². The fraction of sp³-hybridized carbons (Fsp3) is 0.129. The van der Waals surface area contributed by atoms with Crippen LogP contribution in [-0.4, -0.2) is 35.6 Å². The van der Waals surface area contributed by atoms with Gasteiger partial charge >= 0.3 is 5.97 Å². The molecule has 4 nitrogen and oxygen atoms in total. The zero-order chi connectivity index (χ0) is 27.2. The third-order valence-corrected chi connectivity index (χ3v) is 13.1. The summed E-state index contributed by atoms with van der Waals surface area (Å²) < 4.78 is 0. The van der Waals surface area contributed by atoms with E-state index in [2.05, 4.69) is 89.7 Å². The van der Waals surface area contributed by atoms with Crippen molar-refractivity contribution in [1.82, 2.24) is 0 Å². The van der Waals surface area contributed by atoms with E-state index in [4.69, 9.17) is 0 Å². The van der Waals surface area contributed by atoms with Gasteiger partial charge in [0, 0.05) is 39.0 Å². The standard InChI is InChI=1S/C31H22N2O2S5/c1-17-14-27(23-8-6-21(36-23)19-4-2-12-32-19)39-30(17)25-10-11-26(38-25)31-18(16-29(34)35)15-28(40-31)24-9-7-22(37-24)20-5-3-13-33-20/h2-11,14-15H,12-13,16H2,1H3,(H,34,35). The maximum Gasteiger partial charge on any atom is 0.307 e. The average molecular weight is 615 g/mol. The lowest BCUT2D eigenvalue weighted by atomic mass is 10.1. The Morgan fingerprint density at radius 1 is 0.675 bits per heavy atom. The first-order valence-electron chi connectivity index (χ1n) is 12.7. The van der Waals surface area contributed by atoms with Crippen LogP contribution in [-0.2, 0) is 11.2 Å². The van der Waals surface area contributed by atoms with Gasteiger partial charge in [0.2, 0.25) is 0 Å². The minimum Gasteiger partial charge on any atom is -0.481 e. The predicted molar refractivity (Wildman–Crippen MR) is 175 cm³/mol. The van der Waals surface area contributed by atoms with Crippen molar-refractivity contribution in [3.05, 3.63) is 93.7 Å². The van der Waals surface area contributed by atoms with E-state index in [0.717, 1.165) is 54.5 Å². The van der Waals surface area contributed by atoms with Crippen LogP contribution >= 0.6 is 56.7 Å². The van der Waals surface area contributed by atoms with Crippen LogP contribution in [0.25, 0.3) is 39.0 Å². The largest absolute Gasteiger partial charge is 0.481 e. The third-order valence-electron chi connectivity index (χ3n) is 6.61. The van der Waals surface area contributed by atoms with Gasteiger partial charge in [-0.2, -0.15) is 0 Å². The Morgan fingerprint density at radius 2 is 1.18 bits per heavy atom. The molecule has 0 bridgehead atoms. The van der Waals surface area contributed by atoms with Gasteiger partial charge in [0.25, 0.3) is 0 Å². The monoisotopic (exact) mass is 614 g/mol. The van der Waals surface area contributed by atoms with Crippen molar-refractivity contribution < 1.29 is 9.90 Å². The molecule has 2 aliphatic heterocycles. The van der Waals surface area contributed by atoms with E-state index < -0.39 is 5.97 Å². The third kappa shape index (κ3) is 4.93. The second-order valence-corrected chi connectivity index (χ2v) is 14.8. The SMILES string of the molecule is Cc1cc(-c2ccc(C3=NCC=C3)s2)sc1-c1ccc(-c2sc(-c3ccc(C4=NCC=C4)s3)cc2CC(=O)O)s1. The van der Waals surface area contributed by atoms with Crippen LogP contribution in [0, 0.1) is 6.92 Å². The van der Waals surface area contributed by atoms with Crippen LogP contribution in [0.3, 0.4) is 0 Å². The van der Waals surface area contributed by atoms with Crippen molar-refractivity contribution in [1.29, 1.82) is 0 Å². The first-order chi connectivity index (χ1) is 19.5. The van der Waals surface area contributed by atoms with E-state index in [0.29, 0.717) is 0 Å². The topological polar surface area (TPSA) is 62.0 Å². The quantitative estimate of drug-likeness (QED) is 0.189. The Morgan fingerprint density at radius 3 is 1.75 bits per heavy atom. The van der Waals surface area contributed by atoms with Crippen LogP contribution in [0.2, 0.25) is 0 Å². The second kappa shape index (κ2) is 10.6. The maximum atomic E-state index is 11.7. The number of carbonyl (C=O) groups is 1. The molecule has 0 saturated heterocycles. The molecule has 7 rings (SSSR count). The fourth-order valence-electron chi connectivity index (χ4n) is 4.76.